The van der Waals surface area contributed by atoms with Crippen molar-refractivity contribution in [2.24, 2.45) is 0 Å². The van der Waals surface area contributed by atoms with Crippen molar-refractivity contribution < 1.29 is 9.84 Å². The van der Waals surface area contributed by atoms with Crippen molar-refractivity contribution in [3.8, 4) is 0 Å². The van der Waals surface area contributed by atoms with E-state index in [0.29, 0.717) is 6.61 Å². The van der Waals surface area contributed by atoms with Crippen LogP contribution in [0.25, 0.3) is 0 Å². The average Bonchev–Trinajstić information content (AvgIpc) is 2.29. The summed E-state index contributed by atoms with van der Waals surface area (Å²) in [4.78, 5) is 0. The largest absolute Gasteiger partial charge is 0.496 e. The number of aliphatic hydroxyl groups excluding tert-OH is 1. The van der Waals surface area contributed by atoms with E-state index < -0.39 is 0 Å². The normalized spacial score (nSPS) is 13.7. The Bertz CT molecular complexity index is 304. The summed E-state index contributed by atoms with van der Waals surface area (Å²) >= 11 is 0. The molecule has 0 spiro atoms. The van der Waals surface area contributed by atoms with Crippen molar-refractivity contribution in [2.45, 2.75) is 33.0 Å². The van der Waals surface area contributed by atoms with Crippen molar-refractivity contribution in [2.75, 3.05) is 0 Å². The first-order chi connectivity index (χ1) is 7.24. The second kappa shape index (κ2) is 6.25. The van der Waals surface area contributed by atoms with Gasteiger partial charge in [0.15, 0.2) is 0 Å². The molecule has 1 aromatic rings. The van der Waals surface area contributed by atoms with E-state index in [4.69, 9.17) is 4.74 Å². The molecule has 0 aliphatic heterocycles. The van der Waals surface area contributed by atoms with Gasteiger partial charge in [0.1, 0.15) is 6.61 Å². The van der Waals surface area contributed by atoms with Gasteiger partial charge < -0.3 is 9.84 Å². The smallest absolute Gasteiger partial charge is 0.112 e. The Kier molecular flexibility index (Phi) is 4.91. The van der Waals surface area contributed by atoms with Crippen LogP contribution in [-0.2, 0) is 11.3 Å². The molecule has 0 aliphatic carbocycles. The Morgan fingerprint density at radius 1 is 1.40 bits per heavy atom. The van der Waals surface area contributed by atoms with Crippen LogP contribution in [0.5, 0.6) is 0 Å². The molecule has 0 saturated carbocycles. The van der Waals surface area contributed by atoms with Crippen LogP contribution in [0.4, 0.5) is 0 Å². The van der Waals surface area contributed by atoms with Crippen molar-refractivity contribution in [3.63, 3.8) is 0 Å². The third-order valence-electron chi connectivity index (χ3n) is 2.27. The van der Waals surface area contributed by atoms with Gasteiger partial charge in [-0.2, -0.15) is 0 Å². The first-order valence-electron chi connectivity index (χ1n) is 5.24. The summed E-state index contributed by atoms with van der Waals surface area (Å²) < 4.78 is 5.38. The van der Waals surface area contributed by atoms with E-state index in [2.05, 4.69) is 0 Å². The minimum absolute atomic E-state index is 0.388. The summed E-state index contributed by atoms with van der Waals surface area (Å²) in [5.74, 6) is 0. The molecule has 0 fully saturated rings. The molecular formula is C13H18O2. The number of hydrogen-bond acceptors (Lipinski definition) is 2. The van der Waals surface area contributed by atoms with Gasteiger partial charge in [-0.05, 0) is 24.5 Å². The van der Waals surface area contributed by atoms with E-state index in [1.165, 1.54) is 0 Å². The zero-order valence-electron chi connectivity index (χ0n) is 9.31. The molecule has 1 N–H and O–H groups in total. The maximum Gasteiger partial charge on any atom is 0.112 e. The Labute approximate surface area is 91.2 Å². The fourth-order valence-electron chi connectivity index (χ4n) is 1.24. The van der Waals surface area contributed by atoms with Gasteiger partial charge in [0.2, 0.25) is 0 Å². The Hall–Kier alpha value is -1.28. The first-order valence-corrected chi connectivity index (χ1v) is 5.24. The SMILES string of the molecule is CCC(O)/C(C)=C/OCc1ccccc1. The van der Waals surface area contributed by atoms with Gasteiger partial charge in [-0.3, -0.25) is 0 Å². The number of hydrogen-bond donors (Lipinski definition) is 1. The van der Waals surface area contributed by atoms with Crippen LogP contribution in [-0.4, -0.2) is 11.2 Å². The molecule has 1 unspecified atom stereocenters. The molecule has 0 aliphatic rings. The molecule has 2 nitrogen and oxygen atoms in total. The van der Waals surface area contributed by atoms with Crippen LogP contribution in [0.15, 0.2) is 42.2 Å². The molecule has 0 radical (unpaired) electrons. The summed E-state index contributed by atoms with van der Waals surface area (Å²) in [6.45, 7) is 4.37. The predicted octanol–water partition coefficient (Wildman–Crippen LogP) is 2.88. The van der Waals surface area contributed by atoms with E-state index in [9.17, 15) is 5.11 Å². The highest BCUT2D eigenvalue weighted by Crippen LogP contribution is 2.07. The van der Waals surface area contributed by atoms with Crippen molar-refractivity contribution in [3.05, 3.63) is 47.7 Å². The van der Waals surface area contributed by atoms with E-state index in [-0.39, 0.29) is 6.10 Å². The second-order valence-electron chi connectivity index (χ2n) is 3.58. The molecule has 1 atom stereocenters. The van der Waals surface area contributed by atoms with Crippen molar-refractivity contribution in [1.82, 2.24) is 0 Å². The lowest BCUT2D eigenvalue weighted by Crippen LogP contribution is -2.06. The summed E-state index contributed by atoms with van der Waals surface area (Å²) in [5.41, 5.74) is 2.00. The predicted molar refractivity (Wildman–Crippen MR) is 61.3 cm³/mol. The maximum atomic E-state index is 9.48. The van der Waals surface area contributed by atoms with Gasteiger partial charge in [-0.25, -0.2) is 0 Å². The van der Waals surface area contributed by atoms with Gasteiger partial charge in [-0.15, -0.1) is 0 Å². The zero-order valence-corrected chi connectivity index (χ0v) is 9.31. The zero-order chi connectivity index (χ0) is 11.1. The highest BCUT2D eigenvalue weighted by atomic mass is 16.5. The topological polar surface area (TPSA) is 29.5 Å². The summed E-state index contributed by atoms with van der Waals surface area (Å²) in [5, 5.41) is 9.48. The van der Waals surface area contributed by atoms with E-state index in [1.807, 2.05) is 44.2 Å². The van der Waals surface area contributed by atoms with Crippen molar-refractivity contribution >= 4 is 0 Å². The lowest BCUT2D eigenvalue weighted by molar-refractivity contribution is 0.186. The van der Waals surface area contributed by atoms with Gasteiger partial charge in [0.05, 0.1) is 12.4 Å². The molecule has 1 rings (SSSR count). The monoisotopic (exact) mass is 206 g/mol. The highest BCUT2D eigenvalue weighted by molar-refractivity contribution is 5.13. The van der Waals surface area contributed by atoms with E-state index >= 15 is 0 Å². The minimum atomic E-state index is -0.388. The molecule has 0 heterocycles. The summed E-state index contributed by atoms with van der Waals surface area (Å²) in [6.07, 6.45) is 1.97. The molecule has 82 valence electrons. The molecule has 0 aromatic heterocycles. The molecule has 0 saturated heterocycles. The van der Waals surface area contributed by atoms with Gasteiger partial charge in [0.25, 0.3) is 0 Å². The molecule has 0 bridgehead atoms. The Balaban J connectivity index is 2.39. The maximum absolute atomic E-state index is 9.48. The van der Waals surface area contributed by atoms with E-state index in [1.54, 1.807) is 6.26 Å². The molecule has 0 amide bonds. The molecular weight excluding hydrogens is 188 g/mol. The van der Waals surface area contributed by atoms with Crippen LogP contribution < -0.4 is 0 Å². The number of benzene rings is 1. The summed E-state index contributed by atoms with van der Waals surface area (Å²) in [7, 11) is 0. The molecule has 15 heavy (non-hydrogen) atoms. The van der Waals surface area contributed by atoms with Crippen LogP contribution in [0.3, 0.4) is 0 Å². The Morgan fingerprint density at radius 3 is 2.67 bits per heavy atom. The lowest BCUT2D eigenvalue weighted by atomic mass is 10.1. The number of rotatable bonds is 5. The number of ether oxygens (including phenoxy) is 1. The van der Waals surface area contributed by atoms with Gasteiger partial charge >= 0.3 is 0 Å². The van der Waals surface area contributed by atoms with Gasteiger partial charge in [0, 0.05) is 0 Å². The standard InChI is InChI=1S/C13H18O2/c1-3-13(14)11(2)9-15-10-12-7-5-4-6-8-12/h4-9,13-14H,3,10H2,1-2H3/b11-9+. The molecule has 2 heteroatoms. The van der Waals surface area contributed by atoms with Crippen LogP contribution in [0.1, 0.15) is 25.8 Å². The Morgan fingerprint density at radius 2 is 2.07 bits per heavy atom. The third kappa shape index (κ3) is 4.17. The van der Waals surface area contributed by atoms with E-state index in [0.717, 1.165) is 17.6 Å². The fraction of sp³-hybridized carbons (Fsp3) is 0.385. The quantitative estimate of drug-likeness (QED) is 0.751. The third-order valence-corrected chi connectivity index (χ3v) is 2.27. The number of aliphatic hydroxyl groups is 1. The van der Waals surface area contributed by atoms with Crippen LogP contribution in [0.2, 0.25) is 0 Å². The van der Waals surface area contributed by atoms with Crippen LogP contribution in [0, 0.1) is 0 Å². The second-order valence-corrected chi connectivity index (χ2v) is 3.58. The molecule has 1 aromatic carbocycles. The van der Waals surface area contributed by atoms with Crippen LogP contribution >= 0.6 is 0 Å². The highest BCUT2D eigenvalue weighted by Gasteiger charge is 2.02. The lowest BCUT2D eigenvalue weighted by Gasteiger charge is -2.08. The summed E-state index contributed by atoms with van der Waals surface area (Å²) in [6, 6.07) is 9.97. The minimum Gasteiger partial charge on any atom is -0.496 e. The van der Waals surface area contributed by atoms with Crippen molar-refractivity contribution in [1.29, 1.82) is 0 Å². The first kappa shape index (κ1) is 11.8. The average molecular weight is 206 g/mol. The fourth-order valence-corrected chi connectivity index (χ4v) is 1.24. The van der Waals surface area contributed by atoms with Gasteiger partial charge in [-0.1, -0.05) is 37.3 Å².